The summed E-state index contributed by atoms with van der Waals surface area (Å²) in [5.74, 6) is 0. The number of nitrogens with one attached hydrogen (secondary N) is 2. The van der Waals surface area contributed by atoms with Gasteiger partial charge in [-0.3, -0.25) is 0 Å². The number of aromatic nitrogens is 5. The summed E-state index contributed by atoms with van der Waals surface area (Å²) in [6, 6.07) is 13.6. The van der Waals surface area contributed by atoms with Crippen LogP contribution < -0.4 is 5.32 Å². The highest BCUT2D eigenvalue weighted by Crippen LogP contribution is 2.36. The summed E-state index contributed by atoms with van der Waals surface area (Å²) in [7, 11) is 0. The molecule has 0 aliphatic carbocycles. The van der Waals surface area contributed by atoms with Crippen LogP contribution in [0.2, 0.25) is 0 Å². The van der Waals surface area contributed by atoms with E-state index in [2.05, 4.69) is 38.0 Å². The van der Waals surface area contributed by atoms with Crippen LogP contribution in [0.4, 0.5) is 0 Å². The van der Waals surface area contributed by atoms with Crippen molar-refractivity contribution in [2.45, 2.75) is 29.1 Å². The normalized spacial score (nSPS) is 13.1. The van der Waals surface area contributed by atoms with E-state index >= 15 is 0 Å². The van der Waals surface area contributed by atoms with Gasteiger partial charge in [0.15, 0.2) is 0 Å². The number of hydrogen-bond donors (Lipinski definition) is 2. The molecule has 1 aromatic carbocycles. The van der Waals surface area contributed by atoms with Crippen LogP contribution in [0, 0.1) is 22.7 Å². The second-order valence-electron chi connectivity index (χ2n) is 6.93. The fourth-order valence-electron chi connectivity index (χ4n) is 3.29. The number of nitrogens with zero attached hydrogens (tertiary/aromatic N) is 6. The Morgan fingerprint density at radius 1 is 0.968 bits per heavy atom. The third-order valence-electron chi connectivity index (χ3n) is 4.84. The average Bonchev–Trinajstić information content (AvgIpc) is 3.51. The summed E-state index contributed by atoms with van der Waals surface area (Å²) in [4.78, 5) is 1.63. The van der Waals surface area contributed by atoms with Crippen LogP contribution in [0.25, 0.3) is 16.8 Å². The first-order valence-electron chi connectivity index (χ1n) is 9.95. The molecular formula is C22H20N8S. The van der Waals surface area contributed by atoms with Crippen molar-refractivity contribution in [3.8, 4) is 23.4 Å². The Labute approximate surface area is 183 Å². The van der Waals surface area contributed by atoms with Crippen LogP contribution >= 0.6 is 11.8 Å². The molecule has 0 atom stereocenters. The van der Waals surface area contributed by atoms with Gasteiger partial charge in [0.2, 0.25) is 0 Å². The minimum Gasteiger partial charge on any atom is -0.317 e. The zero-order valence-electron chi connectivity index (χ0n) is 16.7. The first kappa shape index (κ1) is 20.6. The molecule has 2 N–H and O–H groups in total. The van der Waals surface area contributed by atoms with Gasteiger partial charge in [-0.15, -0.1) is 0 Å². The van der Waals surface area contributed by atoms with E-state index in [0.29, 0.717) is 22.3 Å². The zero-order valence-corrected chi connectivity index (χ0v) is 17.6. The van der Waals surface area contributed by atoms with Gasteiger partial charge in [-0.2, -0.15) is 31.0 Å². The van der Waals surface area contributed by atoms with E-state index < -0.39 is 0 Å². The van der Waals surface area contributed by atoms with Gasteiger partial charge < -0.3 is 5.32 Å². The summed E-state index contributed by atoms with van der Waals surface area (Å²) in [6.07, 6.45) is 9.16. The van der Waals surface area contributed by atoms with Crippen molar-refractivity contribution in [3.05, 3.63) is 60.0 Å². The molecule has 5 rings (SSSR count). The summed E-state index contributed by atoms with van der Waals surface area (Å²) < 4.78 is 1.65. The molecule has 4 aromatic rings. The van der Waals surface area contributed by atoms with Gasteiger partial charge in [0.05, 0.1) is 29.0 Å². The summed E-state index contributed by atoms with van der Waals surface area (Å²) in [6.45, 7) is 2.50. The standard InChI is InChI=1S/C17H9N7S.C5H11N/c18-6-11-3-1-2-4-15(11)25-16-5-12(14-9-20-23-22-14)10-24-17(16)13(7-19)8-21-24;1-2-4-6-5-3-1/h1-5,8-10H,(H,20,22,23);6H,1-5H2. The molecule has 0 unspecified atom stereocenters. The minimum atomic E-state index is 0.476. The molecular weight excluding hydrogens is 408 g/mol. The van der Waals surface area contributed by atoms with Crippen LogP contribution in [-0.2, 0) is 0 Å². The highest BCUT2D eigenvalue weighted by Gasteiger charge is 2.15. The van der Waals surface area contributed by atoms with Crippen LogP contribution in [0.15, 0.2) is 58.7 Å². The second kappa shape index (κ2) is 9.90. The van der Waals surface area contributed by atoms with E-state index in [1.165, 1.54) is 50.3 Å². The Morgan fingerprint density at radius 3 is 2.42 bits per heavy atom. The summed E-state index contributed by atoms with van der Waals surface area (Å²) >= 11 is 1.42. The molecule has 0 bridgehead atoms. The van der Waals surface area contributed by atoms with Crippen LogP contribution in [0.1, 0.15) is 30.4 Å². The molecule has 1 aliphatic heterocycles. The Morgan fingerprint density at radius 2 is 1.77 bits per heavy atom. The lowest BCUT2D eigenvalue weighted by Crippen LogP contribution is -2.21. The second-order valence-corrected chi connectivity index (χ2v) is 8.02. The Hall–Kier alpha value is -3.66. The fourth-order valence-corrected chi connectivity index (χ4v) is 4.39. The van der Waals surface area contributed by atoms with Gasteiger partial charge in [0, 0.05) is 21.6 Å². The third kappa shape index (κ3) is 4.75. The SMILES string of the molecule is C1CCNCC1.N#Cc1ccccc1Sc1cc(-c2cn[nH]n2)cn2ncc(C#N)c12. The fraction of sp³-hybridized carbons (Fsp3) is 0.227. The van der Waals surface area contributed by atoms with Gasteiger partial charge in [-0.25, -0.2) is 4.52 Å². The van der Waals surface area contributed by atoms with E-state index in [1.807, 2.05) is 24.3 Å². The molecule has 1 saturated heterocycles. The number of aromatic amines is 1. The third-order valence-corrected chi connectivity index (χ3v) is 5.95. The van der Waals surface area contributed by atoms with Crippen LogP contribution in [-0.4, -0.2) is 38.1 Å². The number of H-pyrrole nitrogens is 1. The lowest BCUT2D eigenvalue weighted by Gasteiger charge is -2.08. The van der Waals surface area contributed by atoms with Crippen LogP contribution in [0.5, 0.6) is 0 Å². The number of hydrogen-bond acceptors (Lipinski definition) is 7. The molecule has 8 nitrogen and oxygen atoms in total. The average molecular weight is 429 g/mol. The molecule has 1 aliphatic rings. The molecule has 4 heterocycles. The van der Waals surface area contributed by atoms with Gasteiger partial charge in [0.1, 0.15) is 17.8 Å². The quantitative estimate of drug-likeness (QED) is 0.510. The van der Waals surface area contributed by atoms with Gasteiger partial charge >= 0.3 is 0 Å². The molecule has 0 spiro atoms. The Bertz CT molecular complexity index is 1230. The van der Waals surface area contributed by atoms with Crippen molar-refractivity contribution in [2.75, 3.05) is 13.1 Å². The maximum absolute atomic E-state index is 9.38. The van der Waals surface area contributed by atoms with E-state index in [-0.39, 0.29) is 0 Å². The number of rotatable bonds is 3. The van der Waals surface area contributed by atoms with Gasteiger partial charge in [-0.1, -0.05) is 30.3 Å². The highest BCUT2D eigenvalue weighted by atomic mass is 32.2. The Balaban J connectivity index is 0.000000334. The summed E-state index contributed by atoms with van der Waals surface area (Å²) in [5, 5.41) is 36.8. The van der Waals surface area contributed by atoms with Crippen molar-refractivity contribution >= 4 is 17.3 Å². The van der Waals surface area contributed by atoms with Gasteiger partial charge in [0.25, 0.3) is 0 Å². The first-order valence-corrected chi connectivity index (χ1v) is 10.8. The Kier molecular flexibility index (Phi) is 6.58. The monoisotopic (exact) mass is 428 g/mol. The predicted octanol–water partition coefficient (Wildman–Crippen LogP) is 3.77. The molecule has 154 valence electrons. The smallest absolute Gasteiger partial charge is 0.114 e. The van der Waals surface area contributed by atoms with Crippen molar-refractivity contribution < 1.29 is 0 Å². The van der Waals surface area contributed by atoms with E-state index in [9.17, 15) is 10.5 Å². The topological polar surface area (TPSA) is 118 Å². The highest BCUT2D eigenvalue weighted by molar-refractivity contribution is 7.99. The molecule has 1 fully saturated rings. The molecule has 3 aromatic heterocycles. The van der Waals surface area contributed by atoms with Crippen molar-refractivity contribution in [2.24, 2.45) is 0 Å². The van der Waals surface area contributed by atoms with Gasteiger partial charge in [-0.05, 0) is 44.1 Å². The molecule has 9 heteroatoms. The molecule has 0 amide bonds. The number of nitriles is 2. The van der Waals surface area contributed by atoms with E-state index in [0.717, 1.165) is 15.4 Å². The lowest BCUT2D eigenvalue weighted by molar-refractivity contribution is 0.520. The van der Waals surface area contributed by atoms with Crippen molar-refractivity contribution in [3.63, 3.8) is 0 Å². The molecule has 0 radical (unpaired) electrons. The van der Waals surface area contributed by atoms with Crippen molar-refractivity contribution in [1.82, 2.24) is 30.3 Å². The number of pyridine rings is 1. The number of fused-ring (bicyclic) bond motifs is 1. The predicted molar refractivity (Wildman–Crippen MR) is 117 cm³/mol. The van der Waals surface area contributed by atoms with Crippen molar-refractivity contribution in [1.29, 1.82) is 10.5 Å². The maximum Gasteiger partial charge on any atom is 0.114 e. The maximum atomic E-state index is 9.38. The lowest BCUT2D eigenvalue weighted by atomic mass is 10.2. The zero-order chi connectivity index (χ0) is 21.5. The minimum absolute atomic E-state index is 0.476. The molecule has 31 heavy (non-hydrogen) atoms. The molecule has 0 saturated carbocycles. The van der Waals surface area contributed by atoms with Crippen LogP contribution in [0.3, 0.4) is 0 Å². The van der Waals surface area contributed by atoms with E-state index in [1.54, 1.807) is 23.0 Å². The largest absolute Gasteiger partial charge is 0.317 e. The summed E-state index contributed by atoms with van der Waals surface area (Å²) in [5.41, 5.74) is 3.24. The number of piperidine rings is 1. The number of benzene rings is 1. The first-order chi connectivity index (χ1) is 15.3. The van der Waals surface area contributed by atoms with E-state index in [4.69, 9.17) is 0 Å².